The quantitative estimate of drug-likeness (QED) is 0.521. The van der Waals surface area contributed by atoms with E-state index < -0.39 is 7.60 Å². The van der Waals surface area contributed by atoms with E-state index in [1.807, 2.05) is 30.3 Å². The van der Waals surface area contributed by atoms with Gasteiger partial charge < -0.3 is 9.05 Å². The van der Waals surface area contributed by atoms with Crippen LogP contribution in [0.25, 0.3) is 0 Å². The van der Waals surface area contributed by atoms with Gasteiger partial charge in [0, 0.05) is 0 Å². The Balaban J connectivity index is 2.72. The maximum absolute atomic E-state index is 12.4. The fourth-order valence-corrected chi connectivity index (χ4v) is 2.85. The highest BCUT2D eigenvalue weighted by Gasteiger charge is 2.24. The minimum atomic E-state index is -3.12. The Morgan fingerprint density at radius 1 is 1.06 bits per heavy atom. The van der Waals surface area contributed by atoms with Gasteiger partial charge >= 0.3 is 7.60 Å². The van der Waals surface area contributed by atoms with Crippen LogP contribution in [-0.2, 0) is 19.8 Å². The molecule has 0 saturated heterocycles. The van der Waals surface area contributed by atoms with Crippen LogP contribution in [0.4, 0.5) is 0 Å². The zero-order valence-electron chi connectivity index (χ0n) is 9.75. The predicted octanol–water partition coefficient (Wildman–Crippen LogP) is 3.78. The standard InChI is InChI=1S/C13H17O3P/c1-3-10-15-17(14,16-11-4-2)12-13-8-6-5-7-9-13/h3-9H,1-2,10-12H2. The molecule has 0 unspecified atom stereocenters. The normalized spacial score (nSPS) is 11.1. The van der Waals surface area contributed by atoms with Gasteiger partial charge in [0.15, 0.2) is 0 Å². The molecular formula is C13H17O3P. The van der Waals surface area contributed by atoms with Gasteiger partial charge in [-0.1, -0.05) is 42.5 Å². The molecule has 0 fully saturated rings. The SMILES string of the molecule is C=CCOP(=O)(Cc1ccccc1)OCC=C. The van der Waals surface area contributed by atoms with Crippen LogP contribution >= 0.6 is 7.60 Å². The van der Waals surface area contributed by atoms with Crippen molar-refractivity contribution in [1.82, 2.24) is 0 Å². The maximum atomic E-state index is 12.4. The molecule has 1 aromatic rings. The van der Waals surface area contributed by atoms with Crippen LogP contribution in [-0.4, -0.2) is 13.2 Å². The number of hydrogen-bond acceptors (Lipinski definition) is 3. The molecule has 0 aromatic heterocycles. The Morgan fingerprint density at radius 3 is 2.06 bits per heavy atom. The van der Waals surface area contributed by atoms with Crippen molar-refractivity contribution < 1.29 is 13.6 Å². The Labute approximate surface area is 102 Å². The van der Waals surface area contributed by atoms with E-state index in [0.29, 0.717) is 0 Å². The van der Waals surface area contributed by atoms with Crippen LogP contribution < -0.4 is 0 Å². The summed E-state index contributed by atoms with van der Waals surface area (Å²) in [6.45, 7) is 7.48. The van der Waals surface area contributed by atoms with Crippen LogP contribution in [0.2, 0.25) is 0 Å². The summed E-state index contributed by atoms with van der Waals surface area (Å²) in [5.74, 6) is 0. The Kier molecular flexibility index (Phi) is 5.92. The molecule has 0 saturated carbocycles. The highest BCUT2D eigenvalue weighted by Crippen LogP contribution is 2.51. The molecule has 4 heteroatoms. The molecule has 0 aliphatic carbocycles. The average Bonchev–Trinajstić information content (AvgIpc) is 2.35. The summed E-state index contributed by atoms with van der Waals surface area (Å²) in [4.78, 5) is 0. The van der Waals surface area contributed by atoms with Crippen LogP contribution in [0.15, 0.2) is 55.6 Å². The topological polar surface area (TPSA) is 35.5 Å². The lowest BCUT2D eigenvalue weighted by molar-refractivity contribution is 0.236. The lowest BCUT2D eigenvalue weighted by Gasteiger charge is -2.17. The van der Waals surface area contributed by atoms with Gasteiger partial charge in [0.25, 0.3) is 0 Å². The lowest BCUT2D eigenvalue weighted by Crippen LogP contribution is -1.99. The second kappa shape index (κ2) is 7.23. The molecule has 1 rings (SSSR count). The Bertz CT molecular complexity index is 384. The van der Waals surface area contributed by atoms with Crippen molar-refractivity contribution in [1.29, 1.82) is 0 Å². The van der Waals surface area contributed by atoms with Gasteiger partial charge in [-0.25, -0.2) is 0 Å². The van der Waals surface area contributed by atoms with E-state index in [2.05, 4.69) is 13.2 Å². The smallest absolute Gasteiger partial charge is 0.304 e. The summed E-state index contributed by atoms with van der Waals surface area (Å²) in [7, 11) is -3.12. The zero-order chi connectivity index (χ0) is 12.6. The monoisotopic (exact) mass is 252 g/mol. The van der Waals surface area contributed by atoms with Crippen molar-refractivity contribution in [3.05, 3.63) is 61.2 Å². The molecule has 0 amide bonds. The molecule has 0 bridgehead atoms. The van der Waals surface area contributed by atoms with Gasteiger partial charge in [-0.2, -0.15) is 0 Å². The van der Waals surface area contributed by atoms with Crippen LogP contribution in [0.1, 0.15) is 5.56 Å². The second-order valence-electron chi connectivity index (χ2n) is 3.42. The van der Waals surface area contributed by atoms with Crippen molar-refractivity contribution in [3.8, 4) is 0 Å². The molecule has 0 heterocycles. The summed E-state index contributed by atoms with van der Waals surface area (Å²) in [6.07, 6.45) is 3.36. The third-order valence-corrected chi connectivity index (χ3v) is 3.83. The molecule has 3 nitrogen and oxygen atoms in total. The lowest BCUT2D eigenvalue weighted by atomic mass is 10.2. The molecule has 0 radical (unpaired) electrons. The van der Waals surface area contributed by atoms with E-state index in [0.717, 1.165) is 5.56 Å². The fraction of sp³-hybridized carbons (Fsp3) is 0.231. The summed E-state index contributed by atoms with van der Waals surface area (Å²) < 4.78 is 22.9. The first kappa shape index (κ1) is 13.9. The first-order valence-corrected chi connectivity index (χ1v) is 7.07. The number of rotatable bonds is 8. The maximum Gasteiger partial charge on any atom is 0.335 e. The molecule has 17 heavy (non-hydrogen) atoms. The Morgan fingerprint density at radius 2 is 1.59 bits per heavy atom. The van der Waals surface area contributed by atoms with Crippen molar-refractivity contribution in [3.63, 3.8) is 0 Å². The van der Waals surface area contributed by atoms with E-state index in [4.69, 9.17) is 9.05 Å². The molecule has 0 aliphatic heterocycles. The summed E-state index contributed by atoms with van der Waals surface area (Å²) in [5.41, 5.74) is 0.920. The van der Waals surface area contributed by atoms with E-state index in [1.165, 1.54) is 0 Å². The summed E-state index contributed by atoms with van der Waals surface area (Å²) in [5, 5.41) is 0. The number of hydrogen-bond donors (Lipinski definition) is 0. The van der Waals surface area contributed by atoms with Crippen molar-refractivity contribution in [2.45, 2.75) is 6.16 Å². The molecule has 0 spiro atoms. The van der Waals surface area contributed by atoms with Crippen LogP contribution in [0.5, 0.6) is 0 Å². The first-order chi connectivity index (χ1) is 8.20. The van der Waals surface area contributed by atoms with E-state index >= 15 is 0 Å². The molecule has 1 aromatic carbocycles. The molecular weight excluding hydrogens is 235 g/mol. The minimum absolute atomic E-state index is 0.210. The van der Waals surface area contributed by atoms with Crippen LogP contribution in [0.3, 0.4) is 0 Å². The minimum Gasteiger partial charge on any atom is -0.304 e. The fourth-order valence-electron chi connectivity index (χ4n) is 1.27. The summed E-state index contributed by atoms with van der Waals surface area (Å²) >= 11 is 0. The third kappa shape index (κ3) is 5.14. The zero-order valence-corrected chi connectivity index (χ0v) is 10.6. The van der Waals surface area contributed by atoms with Gasteiger partial charge in [0.1, 0.15) is 0 Å². The van der Waals surface area contributed by atoms with Crippen molar-refractivity contribution in [2.75, 3.05) is 13.2 Å². The van der Waals surface area contributed by atoms with Crippen molar-refractivity contribution >= 4 is 7.60 Å². The number of benzene rings is 1. The third-order valence-electron chi connectivity index (χ3n) is 2.00. The van der Waals surface area contributed by atoms with Gasteiger partial charge in [-0.15, -0.1) is 13.2 Å². The Hall–Kier alpha value is -1.15. The van der Waals surface area contributed by atoms with Crippen molar-refractivity contribution in [2.24, 2.45) is 0 Å². The van der Waals surface area contributed by atoms with E-state index in [-0.39, 0.29) is 19.4 Å². The largest absolute Gasteiger partial charge is 0.335 e. The second-order valence-corrected chi connectivity index (χ2v) is 5.48. The van der Waals surface area contributed by atoms with E-state index in [9.17, 15) is 4.57 Å². The summed E-state index contributed by atoms with van der Waals surface area (Å²) in [6, 6.07) is 9.47. The van der Waals surface area contributed by atoms with Gasteiger partial charge in [0.2, 0.25) is 0 Å². The highest BCUT2D eigenvalue weighted by molar-refractivity contribution is 7.53. The first-order valence-electron chi connectivity index (χ1n) is 5.34. The molecule has 0 atom stereocenters. The van der Waals surface area contributed by atoms with Crippen LogP contribution in [0, 0.1) is 0 Å². The highest BCUT2D eigenvalue weighted by atomic mass is 31.2. The average molecular weight is 252 g/mol. The van der Waals surface area contributed by atoms with Gasteiger partial charge in [0.05, 0.1) is 19.4 Å². The predicted molar refractivity (Wildman–Crippen MR) is 70.1 cm³/mol. The molecule has 0 aliphatic rings. The van der Waals surface area contributed by atoms with Gasteiger partial charge in [-0.3, -0.25) is 4.57 Å². The molecule has 92 valence electrons. The van der Waals surface area contributed by atoms with E-state index in [1.54, 1.807) is 12.2 Å². The van der Waals surface area contributed by atoms with Gasteiger partial charge in [-0.05, 0) is 5.56 Å². The molecule has 0 N–H and O–H groups in total.